The molecule has 1 heterocycles. The second kappa shape index (κ2) is 6.75. The van der Waals surface area contributed by atoms with Gasteiger partial charge < -0.3 is 9.84 Å². The monoisotopic (exact) mass is 265 g/mol. The SMILES string of the molecule is CCCNCc1cc(CN(C)CC(F)(F)F)on1. The van der Waals surface area contributed by atoms with Crippen molar-refractivity contribution < 1.29 is 17.7 Å². The van der Waals surface area contributed by atoms with E-state index < -0.39 is 12.7 Å². The predicted molar refractivity (Wildman–Crippen MR) is 60.9 cm³/mol. The van der Waals surface area contributed by atoms with Crippen LogP contribution in [0.1, 0.15) is 24.8 Å². The molecule has 104 valence electrons. The molecule has 0 aliphatic rings. The molecule has 0 radical (unpaired) electrons. The molecule has 0 bridgehead atoms. The van der Waals surface area contributed by atoms with Gasteiger partial charge in [0.25, 0.3) is 0 Å². The largest absolute Gasteiger partial charge is 0.401 e. The molecule has 1 aromatic heterocycles. The van der Waals surface area contributed by atoms with Crippen LogP contribution >= 0.6 is 0 Å². The van der Waals surface area contributed by atoms with Crippen LogP contribution in [0.3, 0.4) is 0 Å². The first-order valence-corrected chi connectivity index (χ1v) is 5.81. The smallest absolute Gasteiger partial charge is 0.360 e. The zero-order chi connectivity index (χ0) is 13.6. The van der Waals surface area contributed by atoms with Gasteiger partial charge in [-0.15, -0.1) is 0 Å². The maximum atomic E-state index is 12.1. The Morgan fingerprint density at radius 2 is 2.17 bits per heavy atom. The van der Waals surface area contributed by atoms with Gasteiger partial charge in [-0.25, -0.2) is 0 Å². The molecule has 4 nitrogen and oxygen atoms in total. The molecule has 18 heavy (non-hydrogen) atoms. The maximum absolute atomic E-state index is 12.1. The van der Waals surface area contributed by atoms with E-state index in [4.69, 9.17) is 4.52 Å². The first-order chi connectivity index (χ1) is 8.40. The zero-order valence-corrected chi connectivity index (χ0v) is 10.5. The van der Waals surface area contributed by atoms with Gasteiger partial charge in [-0.2, -0.15) is 13.2 Å². The Labute approximate surface area is 104 Å². The van der Waals surface area contributed by atoms with Gasteiger partial charge >= 0.3 is 6.18 Å². The van der Waals surface area contributed by atoms with E-state index in [-0.39, 0.29) is 6.54 Å². The van der Waals surface area contributed by atoms with E-state index in [1.807, 2.05) is 6.92 Å². The second-order valence-corrected chi connectivity index (χ2v) is 4.25. The topological polar surface area (TPSA) is 41.3 Å². The average molecular weight is 265 g/mol. The molecule has 0 spiro atoms. The third kappa shape index (κ3) is 6.02. The fraction of sp³-hybridized carbons (Fsp3) is 0.727. The summed E-state index contributed by atoms with van der Waals surface area (Å²) in [4.78, 5) is 1.14. The number of hydrogen-bond acceptors (Lipinski definition) is 4. The molecule has 0 saturated carbocycles. The summed E-state index contributed by atoms with van der Waals surface area (Å²) in [6, 6.07) is 1.68. The lowest BCUT2D eigenvalue weighted by Gasteiger charge is -2.16. The van der Waals surface area contributed by atoms with Gasteiger partial charge in [-0.05, 0) is 20.0 Å². The molecule has 0 unspecified atom stereocenters. The lowest BCUT2D eigenvalue weighted by molar-refractivity contribution is -0.144. The van der Waals surface area contributed by atoms with E-state index in [9.17, 15) is 13.2 Å². The molecule has 0 aliphatic carbocycles. The van der Waals surface area contributed by atoms with Gasteiger partial charge in [0.15, 0.2) is 5.76 Å². The van der Waals surface area contributed by atoms with Crippen LogP contribution in [0, 0.1) is 0 Å². The third-order valence-corrected chi connectivity index (χ3v) is 2.22. The Hall–Kier alpha value is -1.08. The fourth-order valence-corrected chi connectivity index (χ4v) is 1.53. The van der Waals surface area contributed by atoms with E-state index in [2.05, 4.69) is 10.5 Å². The van der Waals surface area contributed by atoms with Gasteiger partial charge in [-0.1, -0.05) is 12.1 Å². The first kappa shape index (κ1) is 15.0. The number of nitrogens with zero attached hydrogens (tertiary/aromatic N) is 2. The molecule has 7 heteroatoms. The molecule has 1 rings (SSSR count). The molecule has 1 aromatic rings. The molecule has 0 fully saturated rings. The van der Waals surface area contributed by atoms with E-state index in [0.717, 1.165) is 17.9 Å². The summed E-state index contributed by atoms with van der Waals surface area (Å²) in [5.74, 6) is 0.440. The van der Waals surface area contributed by atoms with Crippen molar-refractivity contribution in [3.63, 3.8) is 0 Å². The van der Waals surface area contributed by atoms with Crippen LogP contribution in [-0.2, 0) is 13.1 Å². The Kier molecular flexibility index (Phi) is 5.61. The molecular weight excluding hydrogens is 247 g/mol. The van der Waals surface area contributed by atoms with Gasteiger partial charge in [0, 0.05) is 12.6 Å². The average Bonchev–Trinajstić information content (AvgIpc) is 2.63. The van der Waals surface area contributed by atoms with Crippen molar-refractivity contribution in [3.05, 3.63) is 17.5 Å². The summed E-state index contributed by atoms with van der Waals surface area (Å²) < 4.78 is 41.3. The third-order valence-electron chi connectivity index (χ3n) is 2.22. The summed E-state index contributed by atoms with van der Waals surface area (Å²) >= 11 is 0. The Balaban J connectivity index is 2.38. The van der Waals surface area contributed by atoms with Crippen LogP contribution in [0.4, 0.5) is 13.2 Å². The lowest BCUT2D eigenvalue weighted by Crippen LogP contribution is -2.30. The molecule has 0 saturated heterocycles. The lowest BCUT2D eigenvalue weighted by atomic mass is 10.3. The van der Waals surface area contributed by atoms with Crippen molar-refractivity contribution in [1.29, 1.82) is 0 Å². The van der Waals surface area contributed by atoms with Crippen molar-refractivity contribution >= 4 is 0 Å². The summed E-state index contributed by atoms with van der Waals surface area (Å²) in [5.41, 5.74) is 0.707. The minimum absolute atomic E-state index is 0.0975. The molecule has 0 aromatic carbocycles. The van der Waals surface area contributed by atoms with Crippen molar-refractivity contribution in [2.45, 2.75) is 32.6 Å². The number of halogens is 3. The normalized spacial score (nSPS) is 12.3. The molecule has 0 aliphatic heterocycles. The molecule has 1 N–H and O–H groups in total. The highest BCUT2D eigenvalue weighted by Gasteiger charge is 2.29. The first-order valence-electron chi connectivity index (χ1n) is 5.81. The quantitative estimate of drug-likeness (QED) is 0.767. The predicted octanol–water partition coefficient (Wildman–Crippen LogP) is 2.17. The van der Waals surface area contributed by atoms with Crippen LogP contribution in [0.5, 0.6) is 0 Å². The standard InChI is InChI=1S/C11H18F3N3O/c1-3-4-15-6-9-5-10(18-16-9)7-17(2)8-11(12,13)14/h5,15H,3-4,6-8H2,1-2H3. The van der Waals surface area contributed by atoms with E-state index in [1.165, 1.54) is 7.05 Å². The van der Waals surface area contributed by atoms with Crippen LogP contribution in [-0.4, -0.2) is 36.4 Å². The second-order valence-electron chi connectivity index (χ2n) is 4.25. The van der Waals surface area contributed by atoms with Crippen LogP contribution < -0.4 is 5.32 Å². The van der Waals surface area contributed by atoms with E-state index in [1.54, 1.807) is 6.07 Å². The fourth-order valence-electron chi connectivity index (χ4n) is 1.53. The zero-order valence-electron chi connectivity index (χ0n) is 10.5. The highest BCUT2D eigenvalue weighted by Crippen LogP contribution is 2.17. The molecule has 0 atom stereocenters. The highest BCUT2D eigenvalue weighted by atomic mass is 19.4. The summed E-state index contributed by atoms with van der Waals surface area (Å²) in [7, 11) is 1.39. The van der Waals surface area contributed by atoms with Crippen LogP contribution in [0.25, 0.3) is 0 Å². The van der Waals surface area contributed by atoms with Crippen LogP contribution in [0.15, 0.2) is 10.6 Å². The minimum atomic E-state index is -4.19. The van der Waals surface area contributed by atoms with Gasteiger partial charge in [-0.3, -0.25) is 4.90 Å². The number of hydrogen-bond donors (Lipinski definition) is 1. The Bertz CT molecular complexity index is 352. The van der Waals surface area contributed by atoms with Crippen molar-refractivity contribution in [2.24, 2.45) is 0 Å². The van der Waals surface area contributed by atoms with Gasteiger partial charge in [0.2, 0.25) is 0 Å². The van der Waals surface area contributed by atoms with E-state index >= 15 is 0 Å². The van der Waals surface area contributed by atoms with Gasteiger partial charge in [0.1, 0.15) is 0 Å². The number of alkyl halides is 3. The summed E-state index contributed by atoms with van der Waals surface area (Å²) in [5, 5.41) is 6.93. The number of aromatic nitrogens is 1. The van der Waals surface area contributed by atoms with Gasteiger partial charge in [0.05, 0.1) is 18.8 Å². The highest BCUT2D eigenvalue weighted by molar-refractivity contribution is 5.05. The Morgan fingerprint density at radius 1 is 1.44 bits per heavy atom. The minimum Gasteiger partial charge on any atom is -0.360 e. The summed E-state index contributed by atoms with van der Waals surface area (Å²) in [6.07, 6.45) is -3.18. The number of rotatable bonds is 7. The summed E-state index contributed by atoms with van der Waals surface area (Å²) in [6.45, 7) is 2.63. The van der Waals surface area contributed by atoms with E-state index in [0.29, 0.717) is 18.0 Å². The van der Waals surface area contributed by atoms with Crippen molar-refractivity contribution in [2.75, 3.05) is 20.1 Å². The maximum Gasteiger partial charge on any atom is 0.401 e. The van der Waals surface area contributed by atoms with Crippen molar-refractivity contribution in [3.8, 4) is 0 Å². The number of nitrogens with one attached hydrogen (secondary N) is 1. The Morgan fingerprint density at radius 3 is 2.78 bits per heavy atom. The van der Waals surface area contributed by atoms with Crippen LogP contribution in [0.2, 0.25) is 0 Å². The molecular formula is C11H18F3N3O. The van der Waals surface area contributed by atoms with Crippen molar-refractivity contribution in [1.82, 2.24) is 15.4 Å². The molecule has 0 amide bonds.